The van der Waals surface area contributed by atoms with Crippen LogP contribution in [0.1, 0.15) is 100 Å². The number of carbonyl (C=O) groups excluding carboxylic acids is 3. The number of benzene rings is 5. The Kier molecular flexibility index (Phi) is 10.4. The van der Waals surface area contributed by atoms with Crippen LogP contribution in [0.15, 0.2) is 103 Å². The van der Waals surface area contributed by atoms with Gasteiger partial charge in [0.2, 0.25) is 11.8 Å². The molecule has 11 nitrogen and oxygen atoms in total. The third-order valence-corrected chi connectivity index (χ3v) is 12.3. The molecule has 0 unspecified atom stereocenters. The first-order chi connectivity index (χ1) is 29.8. The first-order valence-electron chi connectivity index (χ1n) is 20.5. The minimum atomic E-state index is -2.67. The van der Waals surface area contributed by atoms with E-state index >= 15 is 0 Å². The number of ether oxygens (including phenoxy) is 2. The van der Waals surface area contributed by atoms with Gasteiger partial charge in [0.15, 0.2) is 5.60 Å². The molecule has 0 radical (unpaired) electrons. The molecular formula is C48H42F2N4O7S. The number of halogens is 2. The molecule has 1 spiro atoms. The first-order valence-corrected chi connectivity index (χ1v) is 20.9. The van der Waals surface area contributed by atoms with Crippen molar-refractivity contribution in [1.29, 1.82) is 0 Å². The van der Waals surface area contributed by atoms with Crippen molar-refractivity contribution in [3.63, 3.8) is 0 Å². The molecule has 316 valence electrons. The van der Waals surface area contributed by atoms with E-state index in [4.69, 9.17) is 27.4 Å². The summed E-state index contributed by atoms with van der Waals surface area (Å²) >= 11 is 5.21. The number of amides is 2. The third kappa shape index (κ3) is 7.48. The first kappa shape index (κ1) is 40.6. The Bertz CT molecular complexity index is 2760. The maximum atomic E-state index is 14.1. The number of phenolic OH excluding ortho intramolecular Hbond substituents is 2. The zero-order chi connectivity index (χ0) is 43.3. The summed E-state index contributed by atoms with van der Waals surface area (Å²) in [5.74, 6) is -3.43. The summed E-state index contributed by atoms with van der Waals surface area (Å²) in [4.78, 5) is 40.1. The van der Waals surface area contributed by atoms with Crippen molar-refractivity contribution in [2.45, 2.75) is 68.9 Å². The third-order valence-electron chi connectivity index (χ3n) is 12.1. The summed E-state index contributed by atoms with van der Waals surface area (Å²) in [6, 6.07) is 27.0. The predicted octanol–water partition coefficient (Wildman–Crippen LogP) is 9.60. The SMILES string of the molecule is NC(=S)c1cccc(-c2cn(C3CCC(F)(F)CC3)c3cc(NC(=O)CCCCCNC(=O)c4ccc5c(c4)C(=O)OC54c5ccc(O)cc5Oc5cc(O)ccc54)ccc23)c1. The van der Waals surface area contributed by atoms with Crippen molar-refractivity contribution in [2.75, 3.05) is 11.9 Å². The van der Waals surface area contributed by atoms with Crippen LogP contribution < -0.4 is 21.1 Å². The number of alkyl halides is 2. The van der Waals surface area contributed by atoms with E-state index in [1.165, 1.54) is 30.3 Å². The highest BCUT2D eigenvalue weighted by Crippen LogP contribution is 2.57. The number of carbonyl (C=O) groups is 3. The Morgan fingerprint density at radius 3 is 2.24 bits per heavy atom. The van der Waals surface area contributed by atoms with Crippen LogP contribution in [0.25, 0.3) is 22.0 Å². The second-order valence-corrected chi connectivity index (χ2v) is 16.6. The van der Waals surface area contributed by atoms with Crippen LogP contribution in [0.4, 0.5) is 14.5 Å². The van der Waals surface area contributed by atoms with Crippen LogP contribution >= 0.6 is 12.2 Å². The average Bonchev–Trinajstić information content (AvgIpc) is 3.76. The number of anilines is 1. The molecule has 0 atom stereocenters. The second-order valence-electron chi connectivity index (χ2n) is 16.1. The largest absolute Gasteiger partial charge is 0.508 e. The summed E-state index contributed by atoms with van der Waals surface area (Å²) in [5.41, 5.74) is 10.4. The second kappa shape index (κ2) is 15.9. The molecule has 1 aromatic heterocycles. The van der Waals surface area contributed by atoms with Gasteiger partial charge in [-0.1, -0.05) is 49.0 Å². The number of fused-ring (bicyclic) bond motifs is 7. The fraction of sp³-hybridized carbons (Fsp3) is 0.250. The number of nitrogens with two attached hydrogens (primary N) is 1. The van der Waals surface area contributed by atoms with Gasteiger partial charge in [0.25, 0.3) is 5.91 Å². The van der Waals surface area contributed by atoms with Crippen LogP contribution in [0.3, 0.4) is 0 Å². The lowest BCUT2D eigenvalue weighted by Crippen LogP contribution is -2.33. The Morgan fingerprint density at radius 1 is 0.823 bits per heavy atom. The zero-order valence-electron chi connectivity index (χ0n) is 33.4. The molecule has 3 aliphatic rings. The molecule has 14 heteroatoms. The number of unbranched alkanes of at least 4 members (excludes halogenated alkanes) is 2. The molecule has 0 bridgehead atoms. The topological polar surface area (TPSA) is 165 Å². The fourth-order valence-electron chi connectivity index (χ4n) is 8.97. The highest BCUT2D eigenvalue weighted by Gasteiger charge is 2.54. The predicted molar refractivity (Wildman–Crippen MR) is 233 cm³/mol. The molecule has 6 aromatic rings. The summed E-state index contributed by atoms with van der Waals surface area (Å²) in [7, 11) is 0. The molecule has 2 amide bonds. The van der Waals surface area contributed by atoms with E-state index in [0.717, 1.165) is 27.6 Å². The number of thiocarbonyl (C=S) groups is 1. The number of aromatic nitrogens is 1. The number of phenols is 2. The van der Waals surface area contributed by atoms with Gasteiger partial charge in [-0.05, 0) is 85.8 Å². The number of hydrogen-bond donors (Lipinski definition) is 5. The van der Waals surface area contributed by atoms with Gasteiger partial charge < -0.3 is 40.6 Å². The Morgan fingerprint density at radius 2 is 1.53 bits per heavy atom. The van der Waals surface area contributed by atoms with Gasteiger partial charge in [-0.15, -0.1) is 0 Å². The summed E-state index contributed by atoms with van der Waals surface area (Å²) in [6.07, 6.45) is 4.43. The van der Waals surface area contributed by atoms with Gasteiger partial charge in [0.1, 0.15) is 28.0 Å². The van der Waals surface area contributed by atoms with Crippen LogP contribution in [0, 0.1) is 0 Å². The molecule has 9 rings (SSSR count). The Hall–Kier alpha value is -6.80. The van der Waals surface area contributed by atoms with E-state index in [1.54, 1.807) is 24.3 Å². The van der Waals surface area contributed by atoms with Crippen LogP contribution in [-0.4, -0.2) is 50.0 Å². The lowest BCUT2D eigenvalue weighted by atomic mass is 9.77. The van der Waals surface area contributed by atoms with Gasteiger partial charge in [-0.2, -0.15) is 0 Å². The normalized spacial score (nSPS) is 15.9. The van der Waals surface area contributed by atoms with Gasteiger partial charge in [-0.3, -0.25) is 9.59 Å². The molecule has 0 saturated heterocycles. The molecular weight excluding hydrogens is 815 g/mol. The van der Waals surface area contributed by atoms with E-state index < -0.39 is 17.5 Å². The van der Waals surface area contributed by atoms with Gasteiger partial charge >= 0.3 is 5.97 Å². The smallest absolute Gasteiger partial charge is 0.340 e. The molecule has 2 aliphatic heterocycles. The van der Waals surface area contributed by atoms with E-state index in [9.17, 15) is 33.4 Å². The van der Waals surface area contributed by atoms with E-state index in [1.807, 2.05) is 48.7 Å². The lowest BCUT2D eigenvalue weighted by Gasteiger charge is -2.36. The van der Waals surface area contributed by atoms with Crippen LogP contribution in [-0.2, 0) is 15.1 Å². The molecule has 5 aromatic carbocycles. The van der Waals surface area contributed by atoms with Gasteiger partial charge in [0.05, 0.1) is 11.1 Å². The number of hydrogen-bond acceptors (Lipinski definition) is 8. The monoisotopic (exact) mass is 856 g/mol. The molecule has 1 aliphatic carbocycles. The molecule has 6 N–H and O–H groups in total. The maximum Gasteiger partial charge on any atom is 0.340 e. The number of nitrogens with zero attached hydrogens (tertiary/aromatic N) is 1. The van der Waals surface area contributed by atoms with E-state index in [2.05, 4.69) is 15.2 Å². The number of rotatable bonds is 11. The zero-order valence-corrected chi connectivity index (χ0v) is 34.2. The number of aromatic hydroxyl groups is 2. The molecule has 1 saturated carbocycles. The molecule has 62 heavy (non-hydrogen) atoms. The van der Waals surface area contributed by atoms with Crippen molar-refractivity contribution in [3.05, 3.63) is 137 Å². The summed E-state index contributed by atoms with van der Waals surface area (Å²) in [6.45, 7) is 0.347. The lowest BCUT2D eigenvalue weighted by molar-refractivity contribution is -0.116. The number of esters is 1. The highest BCUT2D eigenvalue weighted by atomic mass is 32.1. The Balaban J connectivity index is 0.822. The highest BCUT2D eigenvalue weighted by molar-refractivity contribution is 7.80. The average molecular weight is 857 g/mol. The van der Waals surface area contributed by atoms with Crippen LogP contribution in [0.2, 0.25) is 0 Å². The van der Waals surface area contributed by atoms with E-state index in [-0.39, 0.29) is 76.2 Å². The fourth-order valence-corrected chi connectivity index (χ4v) is 9.09. The minimum absolute atomic E-state index is 0.0507. The molecule has 1 fully saturated rings. The van der Waals surface area contributed by atoms with E-state index in [0.29, 0.717) is 61.0 Å². The molecule has 3 heterocycles. The van der Waals surface area contributed by atoms with Gasteiger partial charge in [0, 0.05) is 94.6 Å². The van der Waals surface area contributed by atoms with Crippen molar-refractivity contribution in [2.24, 2.45) is 5.73 Å². The van der Waals surface area contributed by atoms with Crippen molar-refractivity contribution in [3.8, 4) is 34.1 Å². The van der Waals surface area contributed by atoms with Gasteiger partial charge in [-0.25, -0.2) is 13.6 Å². The van der Waals surface area contributed by atoms with Crippen LogP contribution in [0.5, 0.6) is 23.0 Å². The van der Waals surface area contributed by atoms with Crippen molar-refractivity contribution in [1.82, 2.24) is 9.88 Å². The quantitative estimate of drug-likeness (QED) is 0.0485. The standard InChI is InChI=1S/C48H42F2N4O7S/c49-47(50)18-16-31(17-19-47)54-26-36(27-5-4-6-28(21-27)44(51)62)34-12-9-30(23-40(34)54)53-43(57)7-2-1-3-20-52-45(58)29-8-13-37-35(22-29)46(59)61-48(37)38-14-10-32(55)24-41(38)60-42-25-33(56)11-15-39(42)48/h4-6,8-15,21-26,31,55-56H,1-3,7,16-20H2,(H2,51,62)(H,52,58)(H,53,57). The van der Waals surface area contributed by atoms with Crippen molar-refractivity contribution >= 4 is 51.6 Å². The van der Waals surface area contributed by atoms with Crippen molar-refractivity contribution < 1.29 is 42.9 Å². The summed E-state index contributed by atoms with van der Waals surface area (Å²) in [5, 5.41) is 27.2. The Labute approximate surface area is 360 Å². The number of nitrogens with one attached hydrogen (secondary N) is 2. The maximum absolute atomic E-state index is 14.1. The minimum Gasteiger partial charge on any atom is -0.508 e. The summed E-state index contributed by atoms with van der Waals surface area (Å²) < 4.78 is 42.5.